The Morgan fingerprint density at radius 2 is 0.649 bits per heavy atom. The van der Waals surface area contributed by atoms with Crippen molar-refractivity contribution in [2.45, 2.75) is 194 Å². The molecule has 1 N–H and O–H groups in total. The van der Waals surface area contributed by atoms with E-state index in [0.29, 0.717) is 5.75 Å². The van der Waals surface area contributed by atoms with Gasteiger partial charge in [-0.15, -0.1) is 0 Å². The third-order valence-electron chi connectivity index (χ3n) is 8.25. The smallest absolute Gasteiger partial charge is 0.121 e. The van der Waals surface area contributed by atoms with Crippen molar-refractivity contribution in [3.8, 4) is 5.75 Å². The maximum absolute atomic E-state index is 10.9. The van der Waals surface area contributed by atoms with Crippen molar-refractivity contribution in [3.05, 3.63) is 28.8 Å². The van der Waals surface area contributed by atoms with E-state index in [-0.39, 0.29) is 0 Å². The van der Waals surface area contributed by atoms with Crippen LogP contribution in [0.1, 0.15) is 192 Å². The van der Waals surface area contributed by atoms with E-state index < -0.39 is 0 Å². The molecule has 0 amide bonds. The van der Waals surface area contributed by atoms with E-state index >= 15 is 0 Å². The standard InChI is InChI=1S/C36H66O/c1-4-7-10-13-14-15-16-17-18-19-20-21-22-23-24-25-28-33-31-34(29-26-11-8-5-2)36(37)35(32-33)30-27-12-9-6-3/h31-32,37H,4-30H2,1-3H3. The minimum atomic E-state index is 0.615. The highest BCUT2D eigenvalue weighted by molar-refractivity contribution is 5.44. The average Bonchev–Trinajstić information content (AvgIpc) is 2.90. The Balaban J connectivity index is 2.22. The molecule has 0 aliphatic carbocycles. The van der Waals surface area contributed by atoms with Crippen molar-refractivity contribution in [2.75, 3.05) is 0 Å². The van der Waals surface area contributed by atoms with Crippen LogP contribution < -0.4 is 0 Å². The Labute approximate surface area is 233 Å². The monoisotopic (exact) mass is 515 g/mol. The highest BCUT2D eigenvalue weighted by atomic mass is 16.3. The second-order valence-corrected chi connectivity index (χ2v) is 11.9. The lowest BCUT2D eigenvalue weighted by atomic mass is 9.94. The zero-order valence-electron chi connectivity index (χ0n) is 25.7. The Morgan fingerprint density at radius 1 is 0.378 bits per heavy atom. The van der Waals surface area contributed by atoms with Gasteiger partial charge in [-0.05, 0) is 55.2 Å². The van der Waals surface area contributed by atoms with E-state index in [0.717, 1.165) is 12.8 Å². The largest absolute Gasteiger partial charge is 0.507 e. The van der Waals surface area contributed by atoms with Gasteiger partial charge in [0, 0.05) is 0 Å². The number of rotatable bonds is 27. The molecule has 0 aliphatic heterocycles. The van der Waals surface area contributed by atoms with Crippen molar-refractivity contribution in [3.63, 3.8) is 0 Å². The number of hydrogen-bond donors (Lipinski definition) is 1. The van der Waals surface area contributed by atoms with Crippen LogP contribution in [0.15, 0.2) is 12.1 Å². The molecule has 1 nitrogen and oxygen atoms in total. The predicted octanol–water partition coefficient (Wildman–Crippen LogP) is 12.4. The Bertz CT molecular complexity index is 586. The van der Waals surface area contributed by atoms with Crippen LogP contribution in [0.2, 0.25) is 0 Å². The van der Waals surface area contributed by atoms with Gasteiger partial charge in [-0.2, -0.15) is 0 Å². The van der Waals surface area contributed by atoms with E-state index in [1.165, 1.54) is 177 Å². The SMILES string of the molecule is CCCCCCCCCCCCCCCCCCc1cc(CCCCCC)c(O)c(CCCCCC)c1. The quantitative estimate of drug-likeness (QED) is 0.116. The topological polar surface area (TPSA) is 20.2 Å². The minimum Gasteiger partial charge on any atom is -0.507 e. The Morgan fingerprint density at radius 3 is 1.00 bits per heavy atom. The lowest BCUT2D eigenvalue weighted by Crippen LogP contribution is -1.97. The van der Waals surface area contributed by atoms with Gasteiger partial charge in [-0.25, -0.2) is 0 Å². The zero-order chi connectivity index (χ0) is 26.8. The van der Waals surface area contributed by atoms with Crippen LogP contribution in [-0.2, 0) is 19.3 Å². The van der Waals surface area contributed by atoms with Crippen molar-refractivity contribution in [1.29, 1.82) is 0 Å². The summed E-state index contributed by atoms with van der Waals surface area (Å²) in [6.07, 6.45) is 36.2. The number of phenolic OH excluding ortho intramolecular Hbond substituents is 1. The molecule has 216 valence electrons. The summed E-state index contributed by atoms with van der Waals surface area (Å²) in [5, 5.41) is 10.9. The van der Waals surface area contributed by atoms with E-state index in [1.807, 2.05) is 0 Å². The summed E-state index contributed by atoms with van der Waals surface area (Å²) in [4.78, 5) is 0. The van der Waals surface area contributed by atoms with Crippen LogP contribution in [0, 0.1) is 0 Å². The normalized spacial score (nSPS) is 11.4. The molecule has 1 aromatic rings. The molecule has 0 saturated heterocycles. The molecule has 1 heteroatoms. The summed E-state index contributed by atoms with van der Waals surface area (Å²) in [6.45, 7) is 6.84. The molecule has 0 radical (unpaired) electrons. The fourth-order valence-corrected chi connectivity index (χ4v) is 5.72. The molecular formula is C36H66O. The van der Waals surface area contributed by atoms with Crippen LogP contribution in [0.3, 0.4) is 0 Å². The predicted molar refractivity (Wildman–Crippen MR) is 167 cm³/mol. The summed E-state index contributed by atoms with van der Waals surface area (Å²) in [5.74, 6) is 0.615. The van der Waals surface area contributed by atoms with Crippen molar-refractivity contribution in [2.24, 2.45) is 0 Å². The first kappa shape index (κ1) is 34.0. The van der Waals surface area contributed by atoms with E-state index in [9.17, 15) is 5.11 Å². The molecule has 0 aliphatic rings. The van der Waals surface area contributed by atoms with Gasteiger partial charge >= 0.3 is 0 Å². The third kappa shape index (κ3) is 18.8. The minimum absolute atomic E-state index is 0.615. The van der Waals surface area contributed by atoms with Crippen LogP contribution in [-0.4, -0.2) is 5.11 Å². The number of benzene rings is 1. The summed E-state index contributed by atoms with van der Waals surface area (Å²) >= 11 is 0. The number of aryl methyl sites for hydroxylation is 3. The van der Waals surface area contributed by atoms with Gasteiger partial charge in [-0.1, -0.05) is 168 Å². The molecule has 0 saturated carbocycles. The van der Waals surface area contributed by atoms with Crippen molar-refractivity contribution in [1.82, 2.24) is 0 Å². The van der Waals surface area contributed by atoms with Gasteiger partial charge in [0.2, 0.25) is 0 Å². The summed E-state index contributed by atoms with van der Waals surface area (Å²) in [6, 6.07) is 4.67. The van der Waals surface area contributed by atoms with E-state index in [4.69, 9.17) is 0 Å². The van der Waals surface area contributed by atoms with Crippen molar-refractivity contribution < 1.29 is 5.11 Å². The molecule has 1 aromatic carbocycles. The fourth-order valence-electron chi connectivity index (χ4n) is 5.72. The molecule has 0 heterocycles. The lowest BCUT2D eigenvalue weighted by molar-refractivity contribution is 0.457. The number of hydrogen-bond acceptors (Lipinski definition) is 1. The first-order valence-electron chi connectivity index (χ1n) is 17.1. The van der Waals surface area contributed by atoms with Crippen LogP contribution in [0.4, 0.5) is 0 Å². The van der Waals surface area contributed by atoms with Gasteiger partial charge in [0.05, 0.1) is 0 Å². The fraction of sp³-hybridized carbons (Fsp3) is 0.833. The van der Waals surface area contributed by atoms with Crippen LogP contribution >= 0.6 is 0 Å². The lowest BCUT2D eigenvalue weighted by Gasteiger charge is -2.14. The molecule has 1 rings (SSSR count). The number of phenols is 1. The van der Waals surface area contributed by atoms with Gasteiger partial charge in [0.1, 0.15) is 5.75 Å². The molecular weight excluding hydrogens is 448 g/mol. The second kappa shape index (κ2) is 25.3. The summed E-state index contributed by atoms with van der Waals surface area (Å²) in [5.41, 5.74) is 3.91. The Hall–Kier alpha value is -0.980. The molecule has 0 spiro atoms. The van der Waals surface area contributed by atoms with Gasteiger partial charge in [0.15, 0.2) is 0 Å². The average molecular weight is 515 g/mol. The van der Waals surface area contributed by atoms with Crippen LogP contribution in [0.25, 0.3) is 0 Å². The number of aromatic hydroxyl groups is 1. The first-order chi connectivity index (χ1) is 18.2. The van der Waals surface area contributed by atoms with Gasteiger partial charge in [-0.3, -0.25) is 0 Å². The summed E-state index contributed by atoms with van der Waals surface area (Å²) in [7, 11) is 0. The molecule has 0 atom stereocenters. The first-order valence-corrected chi connectivity index (χ1v) is 17.1. The maximum Gasteiger partial charge on any atom is 0.121 e. The third-order valence-corrected chi connectivity index (χ3v) is 8.25. The van der Waals surface area contributed by atoms with Gasteiger partial charge in [0.25, 0.3) is 0 Å². The van der Waals surface area contributed by atoms with Crippen molar-refractivity contribution >= 4 is 0 Å². The molecule has 37 heavy (non-hydrogen) atoms. The highest BCUT2D eigenvalue weighted by Crippen LogP contribution is 2.29. The zero-order valence-corrected chi connectivity index (χ0v) is 25.7. The molecule has 0 aromatic heterocycles. The summed E-state index contributed by atoms with van der Waals surface area (Å²) < 4.78 is 0. The molecule has 0 bridgehead atoms. The molecule has 0 fully saturated rings. The van der Waals surface area contributed by atoms with E-state index in [1.54, 1.807) is 0 Å². The highest BCUT2D eigenvalue weighted by Gasteiger charge is 2.10. The number of unbranched alkanes of at least 4 members (excludes halogenated alkanes) is 21. The van der Waals surface area contributed by atoms with E-state index in [2.05, 4.69) is 32.9 Å². The second-order valence-electron chi connectivity index (χ2n) is 11.9. The molecule has 0 unspecified atom stereocenters. The van der Waals surface area contributed by atoms with Crippen LogP contribution in [0.5, 0.6) is 5.75 Å². The van der Waals surface area contributed by atoms with Gasteiger partial charge < -0.3 is 5.11 Å². The Kier molecular flexibility index (Phi) is 23.3. The maximum atomic E-state index is 10.9.